The minimum atomic E-state index is -0.303. The largest absolute Gasteiger partial charge is 0.463 e. The van der Waals surface area contributed by atoms with Gasteiger partial charge in [0, 0.05) is 30.2 Å². The van der Waals surface area contributed by atoms with Crippen LogP contribution in [0.4, 0.5) is 5.69 Å². The molecule has 2 aromatic heterocycles. The molecule has 0 bridgehead atoms. The van der Waals surface area contributed by atoms with Gasteiger partial charge < -0.3 is 10.1 Å². The first kappa shape index (κ1) is 16.6. The molecular formula is C19H18N4O2. The van der Waals surface area contributed by atoms with E-state index in [0.29, 0.717) is 13.0 Å². The molecule has 0 atom stereocenters. The molecular weight excluding hydrogens is 316 g/mol. The number of rotatable bonds is 6. The van der Waals surface area contributed by atoms with Crippen LogP contribution in [0.3, 0.4) is 0 Å². The standard InChI is InChI=1S/C19H18N4O2/c1-14-5-4-7-16(13-14)22-18(24)17-8-11-21-19(23-17)25-12-9-15-6-2-3-10-20-15/h2-8,10-11,13H,9,12H2,1H3,(H,22,24). The van der Waals surface area contributed by atoms with Gasteiger partial charge in [-0.2, -0.15) is 4.98 Å². The van der Waals surface area contributed by atoms with Gasteiger partial charge in [-0.25, -0.2) is 4.98 Å². The number of hydrogen-bond acceptors (Lipinski definition) is 5. The molecule has 3 aromatic rings. The van der Waals surface area contributed by atoms with Crippen molar-refractivity contribution in [3.63, 3.8) is 0 Å². The summed E-state index contributed by atoms with van der Waals surface area (Å²) in [7, 11) is 0. The number of nitrogens with zero attached hydrogens (tertiary/aromatic N) is 3. The van der Waals surface area contributed by atoms with Gasteiger partial charge in [0.15, 0.2) is 0 Å². The first-order valence-corrected chi connectivity index (χ1v) is 7.94. The van der Waals surface area contributed by atoms with Crippen LogP contribution < -0.4 is 10.1 Å². The Kier molecular flexibility index (Phi) is 5.31. The number of ether oxygens (including phenoxy) is 1. The van der Waals surface area contributed by atoms with Gasteiger partial charge in [-0.15, -0.1) is 0 Å². The van der Waals surface area contributed by atoms with E-state index in [0.717, 1.165) is 16.9 Å². The second kappa shape index (κ2) is 8.01. The molecule has 1 amide bonds. The predicted octanol–water partition coefficient (Wildman–Crippen LogP) is 3.05. The number of carbonyl (C=O) groups excluding carboxylic acids is 1. The third kappa shape index (κ3) is 4.84. The van der Waals surface area contributed by atoms with Gasteiger partial charge in [-0.3, -0.25) is 9.78 Å². The van der Waals surface area contributed by atoms with E-state index in [9.17, 15) is 4.79 Å². The van der Waals surface area contributed by atoms with E-state index in [1.807, 2.05) is 49.4 Å². The zero-order valence-corrected chi connectivity index (χ0v) is 13.8. The topological polar surface area (TPSA) is 77.0 Å². The zero-order valence-electron chi connectivity index (χ0n) is 13.8. The molecule has 126 valence electrons. The van der Waals surface area contributed by atoms with Crippen LogP contribution in [0.1, 0.15) is 21.7 Å². The van der Waals surface area contributed by atoms with Crippen LogP contribution in [-0.2, 0) is 6.42 Å². The molecule has 0 radical (unpaired) electrons. The Bertz CT molecular complexity index is 853. The molecule has 0 fully saturated rings. The summed E-state index contributed by atoms with van der Waals surface area (Å²) in [5.41, 5.74) is 2.97. The van der Waals surface area contributed by atoms with Crippen LogP contribution in [0.25, 0.3) is 0 Å². The monoisotopic (exact) mass is 334 g/mol. The number of aromatic nitrogens is 3. The highest BCUT2D eigenvalue weighted by molar-refractivity contribution is 6.02. The van der Waals surface area contributed by atoms with Gasteiger partial charge in [0.1, 0.15) is 5.69 Å². The molecule has 25 heavy (non-hydrogen) atoms. The Morgan fingerprint density at radius 1 is 1.08 bits per heavy atom. The van der Waals surface area contributed by atoms with E-state index in [4.69, 9.17) is 4.74 Å². The predicted molar refractivity (Wildman–Crippen MR) is 94.6 cm³/mol. The molecule has 0 unspecified atom stereocenters. The van der Waals surface area contributed by atoms with Crippen LogP contribution >= 0.6 is 0 Å². The lowest BCUT2D eigenvalue weighted by Gasteiger charge is -2.07. The number of pyridine rings is 1. The number of amides is 1. The normalized spacial score (nSPS) is 10.3. The minimum absolute atomic E-state index is 0.174. The summed E-state index contributed by atoms with van der Waals surface area (Å²) in [4.78, 5) is 24.7. The second-order valence-electron chi connectivity index (χ2n) is 5.47. The number of anilines is 1. The average Bonchev–Trinajstić information content (AvgIpc) is 2.63. The van der Waals surface area contributed by atoms with E-state index in [2.05, 4.69) is 20.3 Å². The van der Waals surface area contributed by atoms with Crippen molar-refractivity contribution >= 4 is 11.6 Å². The summed E-state index contributed by atoms with van der Waals surface area (Å²) in [6, 6.07) is 15.0. The number of benzene rings is 1. The van der Waals surface area contributed by atoms with Gasteiger partial charge in [0.25, 0.3) is 5.91 Å². The second-order valence-corrected chi connectivity index (χ2v) is 5.47. The van der Waals surface area contributed by atoms with Crippen LogP contribution in [0.5, 0.6) is 6.01 Å². The van der Waals surface area contributed by atoms with Crippen molar-refractivity contribution < 1.29 is 9.53 Å². The van der Waals surface area contributed by atoms with Crippen LogP contribution in [0.2, 0.25) is 0 Å². The molecule has 0 aliphatic heterocycles. The lowest BCUT2D eigenvalue weighted by Crippen LogP contribution is -2.15. The Morgan fingerprint density at radius 3 is 2.80 bits per heavy atom. The molecule has 0 aliphatic carbocycles. The van der Waals surface area contributed by atoms with Crippen molar-refractivity contribution in [2.75, 3.05) is 11.9 Å². The van der Waals surface area contributed by atoms with E-state index in [-0.39, 0.29) is 17.6 Å². The molecule has 6 heteroatoms. The van der Waals surface area contributed by atoms with Gasteiger partial charge in [-0.05, 0) is 42.8 Å². The average molecular weight is 334 g/mol. The molecule has 0 saturated heterocycles. The molecule has 3 rings (SSSR count). The smallest absolute Gasteiger partial charge is 0.317 e. The van der Waals surface area contributed by atoms with Crippen molar-refractivity contribution in [3.8, 4) is 6.01 Å². The Balaban J connectivity index is 1.59. The third-order valence-corrected chi connectivity index (χ3v) is 3.46. The molecule has 6 nitrogen and oxygen atoms in total. The minimum Gasteiger partial charge on any atom is -0.463 e. The van der Waals surface area contributed by atoms with Crippen molar-refractivity contribution in [2.24, 2.45) is 0 Å². The molecule has 1 N–H and O–H groups in total. The number of aryl methyl sites for hydroxylation is 1. The van der Waals surface area contributed by atoms with Crippen LogP contribution in [-0.4, -0.2) is 27.5 Å². The lowest BCUT2D eigenvalue weighted by atomic mass is 10.2. The summed E-state index contributed by atoms with van der Waals surface area (Å²) in [5.74, 6) is -0.303. The lowest BCUT2D eigenvalue weighted by molar-refractivity contribution is 0.102. The summed E-state index contributed by atoms with van der Waals surface area (Å²) in [6.07, 6.45) is 3.89. The van der Waals surface area contributed by atoms with Crippen LogP contribution in [0, 0.1) is 6.92 Å². The van der Waals surface area contributed by atoms with Crippen molar-refractivity contribution in [2.45, 2.75) is 13.3 Å². The van der Waals surface area contributed by atoms with E-state index in [1.165, 1.54) is 6.20 Å². The summed E-state index contributed by atoms with van der Waals surface area (Å²) in [6.45, 7) is 2.36. The number of carbonyl (C=O) groups is 1. The first-order chi connectivity index (χ1) is 12.2. The third-order valence-electron chi connectivity index (χ3n) is 3.46. The molecule has 1 aromatic carbocycles. The highest BCUT2D eigenvalue weighted by Crippen LogP contribution is 2.12. The Labute approximate surface area is 145 Å². The fourth-order valence-electron chi connectivity index (χ4n) is 2.25. The fourth-order valence-corrected chi connectivity index (χ4v) is 2.25. The maximum absolute atomic E-state index is 12.3. The number of hydrogen-bond donors (Lipinski definition) is 1. The Hall–Kier alpha value is -3.28. The van der Waals surface area contributed by atoms with Crippen molar-refractivity contribution in [1.82, 2.24) is 15.0 Å². The number of nitrogens with one attached hydrogen (secondary N) is 1. The Morgan fingerprint density at radius 2 is 2.00 bits per heavy atom. The molecule has 0 spiro atoms. The zero-order chi connectivity index (χ0) is 17.5. The van der Waals surface area contributed by atoms with Gasteiger partial charge in [0.05, 0.1) is 6.61 Å². The highest BCUT2D eigenvalue weighted by Gasteiger charge is 2.10. The maximum atomic E-state index is 12.3. The van der Waals surface area contributed by atoms with Gasteiger partial charge in [0.2, 0.25) is 0 Å². The maximum Gasteiger partial charge on any atom is 0.317 e. The molecule has 0 aliphatic rings. The molecule has 0 saturated carbocycles. The fraction of sp³-hybridized carbons (Fsp3) is 0.158. The quantitative estimate of drug-likeness (QED) is 0.750. The molecule has 2 heterocycles. The van der Waals surface area contributed by atoms with Crippen molar-refractivity contribution in [1.29, 1.82) is 0 Å². The summed E-state index contributed by atoms with van der Waals surface area (Å²) >= 11 is 0. The van der Waals surface area contributed by atoms with E-state index in [1.54, 1.807) is 12.3 Å². The van der Waals surface area contributed by atoms with Crippen LogP contribution in [0.15, 0.2) is 60.9 Å². The first-order valence-electron chi connectivity index (χ1n) is 7.94. The van der Waals surface area contributed by atoms with Gasteiger partial charge in [-0.1, -0.05) is 18.2 Å². The van der Waals surface area contributed by atoms with E-state index >= 15 is 0 Å². The van der Waals surface area contributed by atoms with Gasteiger partial charge >= 0.3 is 6.01 Å². The van der Waals surface area contributed by atoms with E-state index < -0.39 is 0 Å². The SMILES string of the molecule is Cc1cccc(NC(=O)c2ccnc(OCCc3ccccn3)n2)c1. The highest BCUT2D eigenvalue weighted by atomic mass is 16.5. The summed E-state index contributed by atoms with van der Waals surface area (Å²) in [5, 5.41) is 2.81. The van der Waals surface area contributed by atoms with Crippen molar-refractivity contribution in [3.05, 3.63) is 77.9 Å². The summed E-state index contributed by atoms with van der Waals surface area (Å²) < 4.78 is 5.53.